The van der Waals surface area contributed by atoms with Crippen molar-refractivity contribution < 1.29 is 4.79 Å². The summed E-state index contributed by atoms with van der Waals surface area (Å²) >= 11 is 0. The highest BCUT2D eigenvalue weighted by Crippen LogP contribution is 2.50. The molecule has 1 aliphatic heterocycles. The molecule has 2 rings (SSSR count). The van der Waals surface area contributed by atoms with Gasteiger partial charge in [-0.3, -0.25) is 10.1 Å². The van der Waals surface area contributed by atoms with Crippen LogP contribution in [0.4, 0.5) is 0 Å². The first kappa shape index (κ1) is 10.9. The molecule has 2 aliphatic rings. The average molecular weight is 210 g/mol. The Balaban J connectivity index is 1.95. The van der Waals surface area contributed by atoms with E-state index in [4.69, 9.17) is 0 Å². The third-order valence-corrected chi connectivity index (χ3v) is 3.82. The van der Waals surface area contributed by atoms with Gasteiger partial charge in [0.05, 0.1) is 12.7 Å². The van der Waals surface area contributed by atoms with Crippen molar-refractivity contribution in [2.24, 2.45) is 5.41 Å². The molecule has 1 heterocycles. The first-order valence-electron chi connectivity index (χ1n) is 6.23. The first-order valence-corrected chi connectivity index (χ1v) is 6.23. The van der Waals surface area contributed by atoms with Gasteiger partial charge in [0.1, 0.15) is 0 Å². The van der Waals surface area contributed by atoms with Gasteiger partial charge in [0.2, 0.25) is 5.91 Å². The van der Waals surface area contributed by atoms with Crippen LogP contribution in [0, 0.1) is 5.41 Å². The van der Waals surface area contributed by atoms with Gasteiger partial charge < -0.3 is 4.90 Å². The number of hydrogen-bond donors (Lipinski definition) is 1. The Labute approximate surface area is 92.2 Å². The predicted molar refractivity (Wildman–Crippen MR) is 60.4 cm³/mol. The molecule has 0 radical (unpaired) electrons. The van der Waals surface area contributed by atoms with Crippen molar-refractivity contribution >= 4 is 5.91 Å². The molecule has 0 aromatic heterocycles. The van der Waals surface area contributed by atoms with Gasteiger partial charge in [-0.1, -0.05) is 20.3 Å². The van der Waals surface area contributed by atoms with Gasteiger partial charge in [-0.2, -0.15) is 0 Å². The van der Waals surface area contributed by atoms with Crippen LogP contribution < -0.4 is 5.32 Å². The Bertz CT molecular complexity index is 248. The van der Waals surface area contributed by atoms with Crippen molar-refractivity contribution in [3.8, 4) is 0 Å². The zero-order valence-corrected chi connectivity index (χ0v) is 9.88. The van der Waals surface area contributed by atoms with Gasteiger partial charge >= 0.3 is 0 Å². The summed E-state index contributed by atoms with van der Waals surface area (Å²) in [5, 5.41) is 3.27. The third-order valence-electron chi connectivity index (χ3n) is 3.82. The van der Waals surface area contributed by atoms with Crippen molar-refractivity contribution in [3.05, 3.63) is 0 Å². The molecule has 0 bridgehead atoms. The lowest BCUT2D eigenvalue weighted by atomic mass is 10.00. The van der Waals surface area contributed by atoms with Crippen LogP contribution in [0.1, 0.15) is 46.0 Å². The predicted octanol–water partition coefficient (Wildman–Crippen LogP) is 1.73. The highest BCUT2D eigenvalue weighted by molar-refractivity contribution is 5.80. The van der Waals surface area contributed by atoms with E-state index in [0.29, 0.717) is 24.0 Å². The fraction of sp³-hybridized carbons (Fsp3) is 0.917. The zero-order valence-electron chi connectivity index (χ0n) is 9.88. The van der Waals surface area contributed by atoms with Crippen molar-refractivity contribution in [3.63, 3.8) is 0 Å². The third kappa shape index (κ3) is 2.17. The van der Waals surface area contributed by atoms with E-state index in [1.165, 1.54) is 25.7 Å². The van der Waals surface area contributed by atoms with E-state index in [1.807, 2.05) is 0 Å². The summed E-state index contributed by atoms with van der Waals surface area (Å²) in [6, 6.07) is 0. The lowest BCUT2D eigenvalue weighted by Crippen LogP contribution is -2.40. The summed E-state index contributed by atoms with van der Waals surface area (Å²) in [7, 11) is 0. The lowest BCUT2D eigenvalue weighted by molar-refractivity contribution is -0.128. The summed E-state index contributed by atoms with van der Waals surface area (Å²) in [6.07, 6.45) is 6.49. The SMILES string of the molecule is CCCC1(CN2C(=O)CNC2CC)CC1. The summed E-state index contributed by atoms with van der Waals surface area (Å²) in [4.78, 5) is 13.8. The molecule has 1 aliphatic carbocycles. The minimum atomic E-state index is 0.296. The Morgan fingerprint density at radius 2 is 2.20 bits per heavy atom. The van der Waals surface area contributed by atoms with Crippen molar-refractivity contribution in [2.75, 3.05) is 13.1 Å². The highest BCUT2D eigenvalue weighted by atomic mass is 16.2. The molecule has 86 valence electrons. The van der Waals surface area contributed by atoms with E-state index in [1.54, 1.807) is 0 Å². The van der Waals surface area contributed by atoms with Crippen LogP contribution in [0.5, 0.6) is 0 Å². The first-order chi connectivity index (χ1) is 7.21. The molecule has 0 aromatic rings. The number of carbonyl (C=O) groups excluding carboxylic acids is 1. The summed E-state index contributed by atoms with van der Waals surface area (Å²) in [6.45, 7) is 5.91. The van der Waals surface area contributed by atoms with Gasteiger partial charge in [-0.25, -0.2) is 0 Å². The number of rotatable bonds is 5. The van der Waals surface area contributed by atoms with Crippen molar-refractivity contribution in [2.45, 2.75) is 52.1 Å². The van der Waals surface area contributed by atoms with Crippen LogP contribution in [0.15, 0.2) is 0 Å². The smallest absolute Gasteiger partial charge is 0.237 e. The van der Waals surface area contributed by atoms with Gasteiger partial charge in [0.15, 0.2) is 0 Å². The Morgan fingerprint density at radius 3 is 2.73 bits per heavy atom. The van der Waals surface area contributed by atoms with E-state index < -0.39 is 0 Å². The molecule has 1 saturated carbocycles. The molecule has 3 nitrogen and oxygen atoms in total. The quantitative estimate of drug-likeness (QED) is 0.749. The second-order valence-electron chi connectivity index (χ2n) is 5.08. The van der Waals surface area contributed by atoms with Crippen molar-refractivity contribution in [1.29, 1.82) is 0 Å². The van der Waals surface area contributed by atoms with E-state index in [-0.39, 0.29) is 0 Å². The molecule has 0 spiro atoms. The van der Waals surface area contributed by atoms with Crippen LogP contribution in [0.3, 0.4) is 0 Å². The molecule has 3 heteroatoms. The van der Waals surface area contributed by atoms with E-state index in [9.17, 15) is 4.79 Å². The summed E-state index contributed by atoms with van der Waals surface area (Å²) < 4.78 is 0. The Morgan fingerprint density at radius 1 is 1.47 bits per heavy atom. The molecular weight excluding hydrogens is 188 g/mol. The molecule has 1 N–H and O–H groups in total. The molecule has 1 saturated heterocycles. The summed E-state index contributed by atoms with van der Waals surface area (Å²) in [5.41, 5.74) is 0.490. The molecule has 1 atom stereocenters. The van der Waals surface area contributed by atoms with Crippen LogP contribution >= 0.6 is 0 Å². The maximum atomic E-state index is 11.7. The van der Waals surface area contributed by atoms with E-state index in [2.05, 4.69) is 24.1 Å². The molecule has 15 heavy (non-hydrogen) atoms. The molecular formula is C12H22N2O. The monoisotopic (exact) mass is 210 g/mol. The standard InChI is InChI=1S/C12H22N2O/c1-3-5-12(6-7-12)9-14-10(4-2)13-8-11(14)15/h10,13H,3-9H2,1-2H3. The fourth-order valence-corrected chi connectivity index (χ4v) is 2.71. The van der Waals surface area contributed by atoms with Gasteiger partial charge in [0.25, 0.3) is 0 Å². The Hall–Kier alpha value is -0.570. The fourth-order valence-electron chi connectivity index (χ4n) is 2.71. The maximum absolute atomic E-state index is 11.7. The largest absolute Gasteiger partial charge is 0.326 e. The minimum Gasteiger partial charge on any atom is -0.326 e. The number of carbonyl (C=O) groups is 1. The number of nitrogens with one attached hydrogen (secondary N) is 1. The van der Waals surface area contributed by atoms with Gasteiger partial charge in [-0.15, -0.1) is 0 Å². The molecule has 2 fully saturated rings. The topological polar surface area (TPSA) is 32.3 Å². The lowest BCUT2D eigenvalue weighted by Gasteiger charge is -2.28. The molecule has 1 unspecified atom stereocenters. The molecule has 0 aromatic carbocycles. The minimum absolute atomic E-state index is 0.296. The number of hydrogen-bond acceptors (Lipinski definition) is 2. The van der Waals surface area contributed by atoms with Crippen LogP contribution in [0.25, 0.3) is 0 Å². The second-order valence-corrected chi connectivity index (χ2v) is 5.08. The van der Waals surface area contributed by atoms with E-state index >= 15 is 0 Å². The number of nitrogens with zero attached hydrogens (tertiary/aromatic N) is 1. The van der Waals surface area contributed by atoms with Gasteiger partial charge in [-0.05, 0) is 31.1 Å². The molecule has 1 amide bonds. The van der Waals surface area contributed by atoms with E-state index in [0.717, 1.165) is 13.0 Å². The normalized spacial score (nSPS) is 28.5. The summed E-state index contributed by atoms with van der Waals surface area (Å²) in [5.74, 6) is 0.296. The van der Waals surface area contributed by atoms with Crippen LogP contribution in [0.2, 0.25) is 0 Å². The van der Waals surface area contributed by atoms with Gasteiger partial charge in [0, 0.05) is 6.54 Å². The van der Waals surface area contributed by atoms with Crippen LogP contribution in [-0.4, -0.2) is 30.1 Å². The second kappa shape index (κ2) is 4.12. The van der Waals surface area contributed by atoms with Crippen molar-refractivity contribution in [1.82, 2.24) is 10.2 Å². The van der Waals surface area contributed by atoms with Crippen LogP contribution in [-0.2, 0) is 4.79 Å². The average Bonchev–Trinajstić information content (AvgIpc) is 2.89. The zero-order chi connectivity index (χ0) is 10.9. The maximum Gasteiger partial charge on any atom is 0.237 e. The highest BCUT2D eigenvalue weighted by Gasteiger charge is 2.45. The number of amides is 1. The Kier molecular flexibility index (Phi) is 3.01.